The Labute approximate surface area is 179 Å². The Morgan fingerprint density at radius 2 is 1.94 bits per heavy atom. The van der Waals surface area contributed by atoms with Crippen molar-refractivity contribution in [2.24, 2.45) is 0 Å². The minimum atomic E-state index is -2.50. The molecule has 31 heavy (non-hydrogen) atoms. The van der Waals surface area contributed by atoms with E-state index >= 15 is 0 Å². The fourth-order valence-electron chi connectivity index (χ4n) is 4.62. The van der Waals surface area contributed by atoms with Crippen LogP contribution in [0.15, 0.2) is 30.3 Å². The summed E-state index contributed by atoms with van der Waals surface area (Å²) in [6, 6.07) is 8.75. The molecule has 1 aromatic carbocycles. The number of halogens is 2. The lowest BCUT2D eigenvalue weighted by Crippen LogP contribution is -2.37. The highest BCUT2D eigenvalue weighted by molar-refractivity contribution is 5.93. The molecule has 2 aliphatic rings. The first-order valence-corrected chi connectivity index (χ1v) is 10.6. The Kier molecular flexibility index (Phi) is 4.97. The lowest BCUT2D eigenvalue weighted by Gasteiger charge is -2.30. The van der Waals surface area contributed by atoms with Crippen LogP contribution in [0.4, 0.5) is 20.3 Å². The standard InChI is InChI=1S/C23H25F2N5O/c1-12(15-5-4-6-16(7-15)22(24)25)27-23-19-9-20(30-10-18-8-17(30)11-31-18)13(2)26-21(19)14(3)28-29-23/h4-7,9,12,17-18,22H,8,10-11H2,1-3H3,(H,27,29)/t12-,17?,18?/m1/s1. The predicted octanol–water partition coefficient (Wildman–Crippen LogP) is 4.73. The zero-order valence-corrected chi connectivity index (χ0v) is 17.8. The second-order valence-corrected chi connectivity index (χ2v) is 8.46. The number of ether oxygens (including phenoxy) is 1. The third-order valence-electron chi connectivity index (χ3n) is 6.31. The summed E-state index contributed by atoms with van der Waals surface area (Å²) in [6.45, 7) is 7.46. The molecule has 0 aliphatic carbocycles. The van der Waals surface area contributed by atoms with Gasteiger partial charge in [0.15, 0.2) is 5.82 Å². The third-order valence-corrected chi connectivity index (χ3v) is 6.31. The number of hydrogen-bond donors (Lipinski definition) is 1. The monoisotopic (exact) mass is 425 g/mol. The highest BCUT2D eigenvalue weighted by atomic mass is 19.3. The number of alkyl halides is 2. The minimum absolute atomic E-state index is 0.0110. The molecule has 2 saturated heterocycles. The number of nitrogens with zero attached hydrogens (tertiary/aromatic N) is 4. The van der Waals surface area contributed by atoms with E-state index in [2.05, 4.69) is 26.5 Å². The maximum atomic E-state index is 13.1. The summed E-state index contributed by atoms with van der Waals surface area (Å²) in [5.41, 5.74) is 4.38. The average Bonchev–Trinajstić information content (AvgIpc) is 3.39. The SMILES string of the molecule is Cc1nc2c(C)nnc(N[C@H](C)c3cccc(C(F)F)c3)c2cc1N1CC2CC1CO2. The lowest BCUT2D eigenvalue weighted by molar-refractivity contribution is 0.0991. The highest BCUT2D eigenvalue weighted by Gasteiger charge is 2.39. The molecule has 2 unspecified atom stereocenters. The van der Waals surface area contributed by atoms with Crippen LogP contribution in [-0.2, 0) is 4.74 Å². The summed E-state index contributed by atoms with van der Waals surface area (Å²) in [6.07, 6.45) is -1.16. The number of morpholine rings is 1. The molecule has 0 radical (unpaired) electrons. The van der Waals surface area contributed by atoms with Crippen LogP contribution >= 0.6 is 0 Å². The van der Waals surface area contributed by atoms with E-state index in [4.69, 9.17) is 9.72 Å². The molecule has 3 aromatic rings. The summed E-state index contributed by atoms with van der Waals surface area (Å²) in [4.78, 5) is 7.24. The summed E-state index contributed by atoms with van der Waals surface area (Å²) >= 11 is 0. The van der Waals surface area contributed by atoms with Gasteiger partial charge in [-0.1, -0.05) is 18.2 Å². The van der Waals surface area contributed by atoms with E-state index in [9.17, 15) is 8.78 Å². The van der Waals surface area contributed by atoms with Crippen LogP contribution in [0.3, 0.4) is 0 Å². The van der Waals surface area contributed by atoms with Crippen LogP contribution < -0.4 is 10.2 Å². The van der Waals surface area contributed by atoms with E-state index in [0.29, 0.717) is 11.9 Å². The molecule has 5 rings (SSSR count). The van der Waals surface area contributed by atoms with Crippen LogP contribution in [0.2, 0.25) is 0 Å². The molecule has 0 spiro atoms. The van der Waals surface area contributed by atoms with Crippen LogP contribution in [-0.4, -0.2) is 40.5 Å². The van der Waals surface area contributed by atoms with Crippen molar-refractivity contribution in [3.05, 3.63) is 52.8 Å². The normalized spacial score (nSPS) is 21.3. The van der Waals surface area contributed by atoms with E-state index in [1.165, 1.54) is 12.1 Å². The van der Waals surface area contributed by atoms with Gasteiger partial charge in [-0.3, -0.25) is 0 Å². The van der Waals surface area contributed by atoms with Crippen LogP contribution in [0, 0.1) is 13.8 Å². The molecular weight excluding hydrogens is 400 g/mol. The van der Waals surface area contributed by atoms with Crippen molar-refractivity contribution in [1.82, 2.24) is 15.2 Å². The number of hydrogen-bond acceptors (Lipinski definition) is 6. The Hall–Kier alpha value is -2.87. The number of rotatable bonds is 5. The van der Waals surface area contributed by atoms with Crippen molar-refractivity contribution in [2.75, 3.05) is 23.4 Å². The van der Waals surface area contributed by atoms with Gasteiger partial charge in [0.2, 0.25) is 0 Å². The van der Waals surface area contributed by atoms with Crippen molar-refractivity contribution in [2.45, 2.75) is 51.8 Å². The van der Waals surface area contributed by atoms with Crippen LogP contribution in [0.25, 0.3) is 10.9 Å². The van der Waals surface area contributed by atoms with Gasteiger partial charge in [0.05, 0.1) is 47.4 Å². The van der Waals surface area contributed by atoms with Crippen molar-refractivity contribution >= 4 is 22.4 Å². The Bertz CT molecular complexity index is 1140. The Balaban J connectivity index is 1.52. The van der Waals surface area contributed by atoms with Gasteiger partial charge in [-0.15, -0.1) is 5.10 Å². The molecule has 8 heteroatoms. The van der Waals surface area contributed by atoms with Gasteiger partial charge in [-0.2, -0.15) is 5.10 Å². The number of benzene rings is 1. The topological polar surface area (TPSA) is 63.2 Å². The lowest BCUT2D eigenvalue weighted by atomic mass is 10.0. The molecule has 2 fully saturated rings. The third kappa shape index (κ3) is 3.59. The van der Waals surface area contributed by atoms with Crippen LogP contribution in [0.5, 0.6) is 0 Å². The van der Waals surface area contributed by atoms with Crippen molar-refractivity contribution in [3.8, 4) is 0 Å². The first-order valence-electron chi connectivity index (χ1n) is 10.6. The number of nitrogens with one attached hydrogen (secondary N) is 1. The highest BCUT2D eigenvalue weighted by Crippen LogP contribution is 2.37. The molecule has 2 aromatic heterocycles. The number of pyridine rings is 1. The molecule has 162 valence electrons. The largest absolute Gasteiger partial charge is 0.374 e. The van der Waals surface area contributed by atoms with Gasteiger partial charge < -0.3 is 15.0 Å². The quantitative estimate of drug-likeness (QED) is 0.638. The van der Waals surface area contributed by atoms with Gasteiger partial charge in [-0.25, -0.2) is 13.8 Å². The summed E-state index contributed by atoms with van der Waals surface area (Å²) < 4.78 is 32.0. The maximum Gasteiger partial charge on any atom is 0.263 e. The first-order chi connectivity index (χ1) is 14.9. The molecule has 0 amide bonds. The predicted molar refractivity (Wildman–Crippen MR) is 116 cm³/mol. The smallest absolute Gasteiger partial charge is 0.263 e. The first kappa shape index (κ1) is 20.1. The second-order valence-electron chi connectivity index (χ2n) is 8.46. The zero-order chi connectivity index (χ0) is 21.7. The van der Waals surface area contributed by atoms with E-state index in [-0.39, 0.29) is 17.7 Å². The number of aromatic nitrogens is 3. The van der Waals surface area contributed by atoms with Gasteiger partial charge in [0.25, 0.3) is 6.43 Å². The Morgan fingerprint density at radius 1 is 1.13 bits per heavy atom. The molecule has 6 nitrogen and oxygen atoms in total. The summed E-state index contributed by atoms with van der Waals surface area (Å²) in [5, 5.41) is 12.9. The van der Waals surface area contributed by atoms with Gasteiger partial charge >= 0.3 is 0 Å². The Morgan fingerprint density at radius 3 is 2.65 bits per heavy atom. The minimum Gasteiger partial charge on any atom is -0.374 e. The molecule has 1 N–H and O–H groups in total. The van der Waals surface area contributed by atoms with Crippen LogP contribution in [0.1, 0.15) is 48.3 Å². The van der Waals surface area contributed by atoms with E-state index in [0.717, 1.165) is 53.1 Å². The van der Waals surface area contributed by atoms with E-state index in [1.54, 1.807) is 6.07 Å². The number of fused-ring (bicyclic) bond motifs is 3. The summed E-state index contributed by atoms with van der Waals surface area (Å²) in [5.74, 6) is 0.602. The maximum absolute atomic E-state index is 13.1. The van der Waals surface area contributed by atoms with Gasteiger partial charge in [0, 0.05) is 17.5 Å². The van der Waals surface area contributed by atoms with E-state index in [1.807, 2.05) is 26.8 Å². The molecule has 2 bridgehead atoms. The van der Waals surface area contributed by atoms with Gasteiger partial charge in [-0.05, 0) is 44.9 Å². The molecule has 0 saturated carbocycles. The zero-order valence-electron chi connectivity index (χ0n) is 17.8. The second kappa shape index (κ2) is 7.67. The fourth-order valence-corrected chi connectivity index (χ4v) is 4.62. The fraction of sp³-hybridized carbons (Fsp3) is 0.435. The number of aryl methyl sites for hydroxylation is 2. The molecule has 2 aliphatic heterocycles. The van der Waals surface area contributed by atoms with Crippen molar-refractivity contribution in [1.29, 1.82) is 0 Å². The van der Waals surface area contributed by atoms with Gasteiger partial charge in [0.1, 0.15) is 0 Å². The number of anilines is 2. The average molecular weight is 425 g/mol. The molecule has 4 heterocycles. The van der Waals surface area contributed by atoms with Crippen molar-refractivity contribution in [3.63, 3.8) is 0 Å². The summed E-state index contributed by atoms with van der Waals surface area (Å²) in [7, 11) is 0. The van der Waals surface area contributed by atoms with Crippen molar-refractivity contribution < 1.29 is 13.5 Å². The van der Waals surface area contributed by atoms with E-state index < -0.39 is 6.43 Å². The molecule has 3 atom stereocenters. The molecular formula is C23H25F2N5O.